The summed E-state index contributed by atoms with van der Waals surface area (Å²) in [5.74, 6) is -0.214. The lowest BCUT2D eigenvalue weighted by Gasteiger charge is -2.29. The van der Waals surface area contributed by atoms with Gasteiger partial charge in [-0.2, -0.15) is 0 Å². The molecule has 0 aromatic heterocycles. The van der Waals surface area contributed by atoms with Gasteiger partial charge in [-0.15, -0.1) is 0 Å². The second kappa shape index (κ2) is 10.1. The smallest absolute Gasteiger partial charge is 0.342 e. The maximum Gasteiger partial charge on any atom is 0.353 e. The topological polar surface area (TPSA) is 55.8 Å². The zero-order valence-electron chi connectivity index (χ0n) is 14.2. The third kappa shape index (κ3) is 5.64. The maximum atomic E-state index is 13.2. The van der Waals surface area contributed by atoms with Crippen molar-refractivity contribution in [3.05, 3.63) is 30.3 Å². The SMILES string of the molecule is CCOP(=O)(OCC)C(Sc1ccccc1)C(=O)N(CC)CC. The van der Waals surface area contributed by atoms with Gasteiger partial charge >= 0.3 is 7.60 Å². The van der Waals surface area contributed by atoms with Gasteiger partial charge < -0.3 is 13.9 Å². The minimum Gasteiger partial charge on any atom is -0.342 e. The molecule has 1 atom stereocenters. The number of hydrogen-bond acceptors (Lipinski definition) is 5. The standard InChI is InChI=1S/C16H26NO4PS/c1-5-17(6-2)15(18)16(22(19,20-7-3)21-8-4)23-14-12-10-9-11-13-14/h9-13,16H,5-8H2,1-4H3. The van der Waals surface area contributed by atoms with Crippen LogP contribution in [0.15, 0.2) is 35.2 Å². The molecule has 0 saturated carbocycles. The van der Waals surface area contributed by atoms with Crippen molar-refractivity contribution in [1.82, 2.24) is 4.90 Å². The molecule has 0 radical (unpaired) electrons. The Hall–Kier alpha value is -0.810. The molecular formula is C16H26NO4PS. The average molecular weight is 359 g/mol. The molecule has 1 unspecified atom stereocenters. The van der Waals surface area contributed by atoms with Crippen LogP contribution in [0.3, 0.4) is 0 Å². The summed E-state index contributed by atoms with van der Waals surface area (Å²) in [5, 5.41) is 0. The molecule has 0 N–H and O–H groups in total. The van der Waals surface area contributed by atoms with Crippen LogP contribution in [0.2, 0.25) is 0 Å². The van der Waals surface area contributed by atoms with Gasteiger partial charge in [0, 0.05) is 18.0 Å². The fourth-order valence-electron chi connectivity index (χ4n) is 2.10. The van der Waals surface area contributed by atoms with Crippen molar-refractivity contribution in [2.75, 3.05) is 26.3 Å². The fraction of sp³-hybridized carbons (Fsp3) is 0.562. The fourth-order valence-corrected chi connectivity index (χ4v) is 5.67. The molecule has 0 spiro atoms. The van der Waals surface area contributed by atoms with E-state index in [1.807, 2.05) is 44.2 Å². The first kappa shape index (κ1) is 20.2. The van der Waals surface area contributed by atoms with E-state index in [1.54, 1.807) is 18.7 Å². The number of hydrogen-bond donors (Lipinski definition) is 0. The predicted octanol–water partition coefficient (Wildman–Crippen LogP) is 4.24. The molecule has 0 bridgehead atoms. The molecule has 1 aromatic rings. The van der Waals surface area contributed by atoms with E-state index in [4.69, 9.17) is 9.05 Å². The highest BCUT2D eigenvalue weighted by atomic mass is 32.2. The second-order valence-electron chi connectivity index (χ2n) is 4.67. The Kier molecular flexibility index (Phi) is 8.92. The summed E-state index contributed by atoms with van der Waals surface area (Å²) < 4.78 is 24.0. The van der Waals surface area contributed by atoms with Crippen molar-refractivity contribution in [3.63, 3.8) is 0 Å². The first-order chi connectivity index (χ1) is 11.0. The maximum absolute atomic E-state index is 13.2. The molecule has 5 nitrogen and oxygen atoms in total. The summed E-state index contributed by atoms with van der Waals surface area (Å²) in [4.78, 5) is 14.5. The molecule has 0 fully saturated rings. The van der Waals surface area contributed by atoms with Gasteiger partial charge in [0.15, 0.2) is 4.99 Å². The highest BCUT2D eigenvalue weighted by Gasteiger charge is 2.43. The van der Waals surface area contributed by atoms with E-state index in [0.29, 0.717) is 13.1 Å². The van der Waals surface area contributed by atoms with Crippen LogP contribution in [0.4, 0.5) is 0 Å². The van der Waals surface area contributed by atoms with E-state index >= 15 is 0 Å². The van der Waals surface area contributed by atoms with E-state index in [1.165, 1.54) is 11.8 Å². The first-order valence-electron chi connectivity index (χ1n) is 7.91. The quantitative estimate of drug-likeness (QED) is 0.462. The summed E-state index contributed by atoms with van der Waals surface area (Å²) in [5.41, 5.74) is 0. The Labute approximate surface area is 143 Å². The minimum absolute atomic E-state index is 0.214. The van der Waals surface area contributed by atoms with Crippen LogP contribution in [-0.4, -0.2) is 42.1 Å². The first-order valence-corrected chi connectivity index (χ1v) is 10.4. The third-order valence-corrected chi connectivity index (χ3v) is 7.27. The van der Waals surface area contributed by atoms with Crippen molar-refractivity contribution in [3.8, 4) is 0 Å². The molecule has 0 aliphatic carbocycles. The molecule has 1 amide bonds. The molecule has 1 rings (SSSR count). The highest BCUT2D eigenvalue weighted by Crippen LogP contribution is 2.58. The summed E-state index contributed by atoms with van der Waals surface area (Å²) in [6, 6.07) is 9.43. The second-order valence-corrected chi connectivity index (χ2v) is 8.31. The van der Waals surface area contributed by atoms with Gasteiger partial charge in [0.2, 0.25) is 5.91 Å². The molecule has 7 heteroatoms. The summed E-state index contributed by atoms with van der Waals surface area (Å²) in [6.07, 6.45) is 0. The van der Waals surface area contributed by atoms with Gasteiger partial charge in [-0.25, -0.2) is 0 Å². The lowest BCUT2D eigenvalue weighted by Crippen LogP contribution is -2.38. The van der Waals surface area contributed by atoms with Gasteiger partial charge in [-0.3, -0.25) is 9.36 Å². The number of thioether (sulfide) groups is 1. The zero-order valence-corrected chi connectivity index (χ0v) is 15.9. The van der Waals surface area contributed by atoms with Gasteiger partial charge in [0.1, 0.15) is 0 Å². The molecular weight excluding hydrogens is 333 g/mol. The molecule has 0 aliphatic rings. The highest BCUT2D eigenvalue weighted by molar-refractivity contribution is 8.06. The number of nitrogens with zero attached hydrogens (tertiary/aromatic N) is 1. The van der Waals surface area contributed by atoms with Crippen LogP contribution in [0.1, 0.15) is 27.7 Å². The van der Waals surface area contributed by atoms with Gasteiger partial charge in [0.25, 0.3) is 0 Å². The van der Waals surface area contributed by atoms with Gasteiger partial charge in [-0.05, 0) is 39.8 Å². The Bertz CT molecular complexity index is 512. The Morgan fingerprint density at radius 2 is 1.61 bits per heavy atom. The summed E-state index contributed by atoms with van der Waals surface area (Å²) in [6.45, 7) is 8.87. The summed E-state index contributed by atoms with van der Waals surface area (Å²) >= 11 is 1.24. The van der Waals surface area contributed by atoms with Gasteiger partial charge in [0.05, 0.1) is 13.2 Å². The minimum atomic E-state index is -3.56. The third-order valence-electron chi connectivity index (χ3n) is 3.18. The van der Waals surface area contributed by atoms with Crippen molar-refractivity contribution in [1.29, 1.82) is 0 Å². The molecule has 130 valence electrons. The van der Waals surface area contributed by atoms with E-state index in [-0.39, 0.29) is 19.1 Å². The van der Waals surface area contributed by atoms with Gasteiger partial charge in [-0.1, -0.05) is 30.0 Å². The van der Waals surface area contributed by atoms with Crippen molar-refractivity contribution in [2.24, 2.45) is 0 Å². The summed E-state index contributed by atoms with van der Waals surface area (Å²) in [7, 11) is -3.56. The molecule has 23 heavy (non-hydrogen) atoms. The Morgan fingerprint density at radius 3 is 2.04 bits per heavy atom. The molecule has 0 saturated heterocycles. The van der Waals surface area contributed by atoms with Crippen LogP contribution in [0.25, 0.3) is 0 Å². The normalized spacial score (nSPS) is 12.9. The number of benzene rings is 1. The molecule has 1 aromatic carbocycles. The Balaban J connectivity index is 3.18. The van der Waals surface area contributed by atoms with Crippen LogP contribution >= 0.6 is 19.4 Å². The number of carbonyl (C=O) groups excluding carboxylic acids is 1. The lowest BCUT2D eigenvalue weighted by molar-refractivity contribution is -0.129. The van der Waals surface area contributed by atoms with Crippen LogP contribution in [0.5, 0.6) is 0 Å². The monoisotopic (exact) mass is 359 g/mol. The van der Waals surface area contributed by atoms with Crippen molar-refractivity contribution >= 4 is 25.3 Å². The lowest BCUT2D eigenvalue weighted by atomic mass is 10.4. The van der Waals surface area contributed by atoms with E-state index in [2.05, 4.69) is 0 Å². The van der Waals surface area contributed by atoms with Crippen LogP contribution in [0, 0.1) is 0 Å². The number of amides is 1. The number of carbonyl (C=O) groups is 1. The zero-order chi connectivity index (χ0) is 17.3. The van der Waals surface area contributed by atoms with E-state index in [9.17, 15) is 9.36 Å². The predicted molar refractivity (Wildman–Crippen MR) is 94.9 cm³/mol. The van der Waals surface area contributed by atoms with E-state index < -0.39 is 12.6 Å². The average Bonchev–Trinajstić information content (AvgIpc) is 2.55. The number of rotatable bonds is 10. The molecule has 0 heterocycles. The Morgan fingerprint density at radius 1 is 1.09 bits per heavy atom. The largest absolute Gasteiger partial charge is 0.353 e. The van der Waals surface area contributed by atoms with Crippen LogP contribution < -0.4 is 0 Å². The van der Waals surface area contributed by atoms with Crippen molar-refractivity contribution < 1.29 is 18.4 Å². The van der Waals surface area contributed by atoms with Crippen molar-refractivity contribution in [2.45, 2.75) is 37.6 Å². The molecule has 0 aliphatic heterocycles. The van der Waals surface area contributed by atoms with Crippen LogP contribution in [-0.2, 0) is 18.4 Å². The van der Waals surface area contributed by atoms with E-state index in [0.717, 1.165) is 4.90 Å².